The van der Waals surface area contributed by atoms with Crippen LogP contribution in [0.2, 0.25) is 0 Å². The second-order valence-corrected chi connectivity index (χ2v) is 10.3. The van der Waals surface area contributed by atoms with Crippen LogP contribution < -0.4 is 4.90 Å². The van der Waals surface area contributed by atoms with Crippen molar-refractivity contribution in [2.75, 3.05) is 37.8 Å². The number of benzene rings is 2. The van der Waals surface area contributed by atoms with E-state index in [4.69, 9.17) is 0 Å². The van der Waals surface area contributed by atoms with Gasteiger partial charge in [0.05, 0.1) is 20.9 Å². The molecule has 3 rings (SSSR count). The number of carbonyl (C=O) groups is 1. The minimum Gasteiger partial charge on any atom is -0.308 e. The molecule has 0 bridgehead atoms. The first-order valence-corrected chi connectivity index (χ1v) is 12.0. The Morgan fingerprint density at radius 2 is 1.81 bits per heavy atom. The highest BCUT2D eigenvalue weighted by atomic mass is 35.5. The molecule has 3 aromatic rings. The Morgan fingerprint density at radius 3 is 2.48 bits per heavy atom. The van der Waals surface area contributed by atoms with E-state index in [1.54, 1.807) is 41.3 Å². The van der Waals surface area contributed by atoms with Crippen molar-refractivity contribution in [1.82, 2.24) is 9.88 Å². The van der Waals surface area contributed by atoms with Crippen molar-refractivity contribution in [2.45, 2.75) is 17.7 Å². The van der Waals surface area contributed by atoms with E-state index < -0.39 is 9.84 Å². The van der Waals surface area contributed by atoms with E-state index in [9.17, 15) is 17.6 Å². The monoisotopic (exact) mass is 485 g/mol. The summed E-state index contributed by atoms with van der Waals surface area (Å²) in [5.74, 6) is -0.648. The maximum absolute atomic E-state index is 13.5. The first-order valence-electron chi connectivity index (χ1n) is 9.55. The van der Waals surface area contributed by atoms with Gasteiger partial charge in [-0.3, -0.25) is 9.69 Å². The normalized spacial score (nSPS) is 11.5. The van der Waals surface area contributed by atoms with Crippen molar-refractivity contribution < 1.29 is 17.6 Å². The molecule has 1 aromatic heterocycles. The zero-order chi connectivity index (χ0) is 21.7. The van der Waals surface area contributed by atoms with Crippen LogP contribution in [-0.4, -0.2) is 57.1 Å². The third-order valence-corrected chi connectivity index (χ3v) is 7.41. The van der Waals surface area contributed by atoms with Crippen LogP contribution in [0.4, 0.5) is 9.52 Å². The molecule has 168 valence electrons. The van der Waals surface area contributed by atoms with Crippen molar-refractivity contribution in [3.05, 3.63) is 54.3 Å². The summed E-state index contributed by atoms with van der Waals surface area (Å²) < 4.78 is 39.1. The maximum atomic E-state index is 13.5. The molecule has 6 nitrogen and oxygen atoms in total. The SMILES string of the molecule is CN(C)CCN(C(=O)CCCS(=O)(=O)c1ccccc1)c1nc2ccc(F)cc2s1.Cl. The molecule has 31 heavy (non-hydrogen) atoms. The number of hydrogen-bond donors (Lipinski definition) is 0. The van der Waals surface area contributed by atoms with E-state index in [1.807, 2.05) is 19.0 Å². The van der Waals surface area contributed by atoms with E-state index in [0.717, 1.165) is 0 Å². The first kappa shape index (κ1) is 25.2. The fourth-order valence-electron chi connectivity index (χ4n) is 2.92. The van der Waals surface area contributed by atoms with Crippen LogP contribution in [-0.2, 0) is 14.6 Å². The minimum atomic E-state index is -3.43. The topological polar surface area (TPSA) is 70.6 Å². The van der Waals surface area contributed by atoms with Crippen molar-refractivity contribution in [1.29, 1.82) is 0 Å². The molecule has 0 aliphatic rings. The number of fused-ring (bicyclic) bond motifs is 1. The van der Waals surface area contributed by atoms with Gasteiger partial charge in [0, 0.05) is 19.5 Å². The number of thiazole rings is 1. The number of nitrogens with zero attached hydrogens (tertiary/aromatic N) is 3. The average molecular weight is 486 g/mol. The molecule has 0 saturated carbocycles. The molecule has 10 heteroatoms. The van der Waals surface area contributed by atoms with Gasteiger partial charge in [0.2, 0.25) is 5.91 Å². The summed E-state index contributed by atoms with van der Waals surface area (Å²) in [6.45, 7) is 1.04. The number of anilines is 1. The maximum Gasteiger partial charge on any atom is 0.228 e. The molecule has 0 radical (unpaired) electrons. The molecular weight excluding hydrogens is 461 g/mol. The number of halogens is 2. The number of hydrogen-bond acceptors (Lipinski definition) is 6. The number of rotatable bonds is 9. The van der Waals surface area contributed by atoms with Gasteiger partial charge < -0.3 is 4.90 Å². The first-order chi connectivity index (χ1) is 14.3. The number of sulfone groups is 1. The Balaban J connectivity index is 0.00000341. The number of likely N-dealkylation sites (N-methyl/N-ethyl adjacent to an activating group) is 1. The number of aromatic nitrogens is 1. The highest BCUT2D eigenvalue weighted by Gasteiger charge is 2.21. The molecule has 0 aliphatic heterocycles. The van der Waals surface area contributed by atoms with Gasteiger partial charge in [-0.1, -0.05) is 29.5 Å². The molecule has 2 aromatic carbocycles. The van der Waals surface area contributed by atoms with Gasteiger partial charge in [0.15, 0.2) is 15.0 Å². The van der Waals surface area contributed by atoms with Gasteiger partial charge in [-0.25, -0.2) is 17.8 Å². The molecule has 0 spiro atoms. The molecule has 0 unspecified atom stereocenters. The van der Waals surface area contributed by atoms with Crippen LogP contribution in [0, 0.1) is 5.82 Å². The molecule has 0 saturated heterocycles. The molecule has 1 heterocycles. The summed E-state index contributed by atoms with van der Waals surface area (Å²) in [4.78, 5) is 21.2. The average Bonchev–Trinajstić information content (AvgIpc) is 3.11. The molecule has 1 amide bonds. The van der Waals surface area contributed by atoms with E-state index in [0.29, 0.717) is 28.4 Å². The summed E-state index contributed by atoms with van der Waals surface area (Å²) >= 11 is 1.25. The Labute approximate surface area is 192 Å². The summed E-state index contributed by atoms with van der Waals surface area (Å²) in [6.07, 6.45) is 0.303. The van der Waals surface area contributed by atoms with Gasteiger partial charge >= 0.3 is 0 Å². The predicted molar refractivity (Wildman–Crippen MR) is 125 cm³/mol. The Morgan fingerprint density at radius 1 is 1.10 bits per heavy atom. The molecule has 0 atom stereocenters. The van der Waals surface area contributed by atoms with Crippen molar-refractivity contribution in [2.24, 2.45) is 0 Å². The van der Waals surface area contributed by atoms with Gasteiger partial charge in [-0.05, 0) is 50.8 Å². The summed E-state index contributed by atoms with van der Waals surface area (Å²) in [7, 11) is 0.380. The predicted octanol–water partition coefficient (Wildman–Crippen LogP) is 4.01. The van der Waals surface area contributed by atoms with Crippen LogP contribution >= 0.6 is 23.7 Å². The Bertz CT molecular complexity index is 1120. The standard InChI is InChI=1S/C21H24FN3O3S2.ClH/c1-24(2)12-13-25(21-23-18-11-10-16(22)15-19(18)29-21)20(26)9-6-14-30(27,28)17-7-4-3-5-8-17;/h3-5,7-8,10-11,15H,6,9,12-14H2,1-2H3;1H. The Kier molecular flexibility index (Phi) is 8.93. The molecule has 0 fully saturated rings. The largest absolute Gasteiger partial charge is 0.308 e. The van der Waals surface area contributed by atoms with Gasteiger partial charge in [-0.15, -0.1) is 12.4 Å². The summed E-state index contributed by atoms with van der Waals surface area (Å²) in [5.41, 5.74) is 0.630. The summed E-state index contributed by atoms with van der Waals surface area (Å²) in [6, 6.07) is 12.6. The van der Waals surface area contributed by atoms with Crippen molar-refractivity contribution in [3.63, 3.8) is 0 Å². The highest BCUT2D eigenvalue weighted by Crippen LogP contribution is 2.30. The number of carbonyl (C=O) groups excluding carboxylic acids is 1. The second kappa shape index (κ2) is 11.0. The quantitative estimate of drug-likeness (QED) is 0.458. The van der Waals surface area contributed by atoms with Crippen molar-refractivity contribution in [3.8, 4) is 0 Å². The lowest BCUT2D eigenvalue weighted by atomic mass is 10.3. The lowest BCUT2D eigenvalue weighted by molar-refractivity contribution is -0.118. The van der Waals surface area contributed by atoms with E-state index in [-0.39, 0.29) is 47.6 Å². The minimum absolute atomic E-state index is 0. The second-order valence-electron chi connectivity index (χ2n) is 7.19. The fourth-order valence-corrected chi connectivity index (χ4v) is 5.29. The zero-order valence-corrected chi connectivity index (χ0v) is 19.8. The van der Waals surface area contributed by atoms with Crippen LogP contribution in [0.3, 0.4) is 0 Å². The van der Waals surface area contributed by atoms with E-state index in [1.165, 1.54) is 23.5 Å². The van der Waals surface area contributed by atoms with Gasteiger partial charge in [0.1, 0.15) is 5.82 Å². The smallest absolute Gasteiger partial charge is 0.228 e. The fraction of sp³-hybridized carbons (Fsp3) is 0.333. The van der Waals surface area contributed by atoms with Gasteiger partial charge in [0.25, 0.3) is 0 Å². The zero-order valence-electron chi connectivity index (χ0n) is 17.3. The highest BCUT2D eigenvalue weighted by molar-refractivity contribution is 7.91. The molecule has 0 aliphatic carbocycles. The van der Waals surface area contributed by atoms with Crippen molar-refractivity contribution >= 4 is 54.8 Å². The summed E-state index contributed by atoms with van der Waals surface area (Å²) in [5, 5.41) is 0.494. The molecule has 0 N–H and O–H groups in total. The molecular formula is C21H25ClFN3O3S2. The third kappa shape index (κ3) is 6.70. The van der Waals surface area contributed by atoms with Crippen LogP contribution in [0.1, 0.15) is 12.8 Å². The lowest BCUT2D eigenvalue weighted by Crippen LogP contribution is -2.36. The van der Waals surface area contributed by atoms with E-state index >= 15 is 0 Å². The third-order valence-electron chi connectivity index (χ3n) is 4.55. The number of amides is 1. The van der Waals surface area contributed by atoms with Gasteiger partial charge in [-0.2, -0.15) is 0 Å². The lowest BCUT2D eigenvalue weighted by Gasteiger charge is -2.22. The van der Waals surface area contributed by atoms with Crippen LogP contribution in [0.15, 0.2) is 53.4 Å². The Hall–Kier alpha value is -2.07. The van der Waals surface area contributed by atoms with E-state index in [2.05, 4.69) is 4.98 Å². The van der Waals surface area contributed by atoms with Crippen LogP contribution in [0.5, 0.6) is 0 Å². The van der Waals surface area contributed by atoms with Crippen LogP contribution in [0.25, 0.3) is 10.2 Å².